The van der Waals surface area contributed by atoms with Gasteiger partial charge in [0.05, 0.1) is 15.6 Å². The molecule has 1 aromatic rings. The van der Waals surface area contributed by atoms with Gasteiger partial charge < -0.3 is 5.32 Å². The highest BCUT2D eigenvalue weighted by Crippen LogP contribution is 2.48. The number of likely N-dealkylation sites (N-methyl/N-ethyl adjacent to an activating group) is 1. The lowest BCUT2D eigenvalue weighted by atomic mass is 9.65. The smallest absolute Gasteiger partial charge is 0.0650 e. The second kappa shape index (κ2) is 5.71. The number of nitrogens with one attached hydrogen (secondary N) is 1. The molecule has 2 unspecified atom stereocenters. The molecule has 1 N–H and O–H groups in total. The molecule has 0 saturated heterocycles. The number of halogens is 2. The van der Waals surface area contributed by atoms with Crippen LogP contribution in [-0.4, -0.2) is 7.05 Å². The van der Waals surface area contributed by atoms with Crippen molar-refractivity contribution in [3.63, 3.8) is 0 Å². The van der Waals surface area contributed by atoms with Gasteiger partial charge in [0, 0.05) is 0 Å². The summed E-state index contributed by atoms with van der Waals surface area (Å²) in [5.74, 6) is 0.736. The molecule has 0 heterocycles. The van der Waals surface area contributed by atoms with Gasteiger partial charge in [0.15, 0.2) is 0 Å². The maximum atomic E-state index is 6.25. The van der Waals surface area contributed by atoms with Gasteiger partial charge in [-0.25, -0.2) is 0 Å². The molecule has 2 aliphatic rings. The molecule has 0 spiro atoms. The van der Waals surface area contributed by atoms with Crippen molar-refractivity contribution in [2.75, 3.05) is 7.05 Å². The number of hydrogen-bond donors (Lipinski definition) is 1. The van der Waals surface area contributed by atoms with Crippen molar-refractivity contribution in [3.8, 4) is 0 Å². The summed E-state index contributed by atoms with van der Waals surface area (Å²) in [4.78, 5) is 0. The third kappa shape index (κ3) is 2.30. The van der Waals surface area contributed by atoms with Gasteiger partial charge in [0.2, 0.25) is 0 Å². The molecule has 20 heavy (non-hydrogen) atoms. The lowest BCUT2D eigenvalue weighted by Gasteiger charge is -2.46. The second-order valence-corrected chi connectivity index (χ2v) is 6.78. The van der Waals surface area contributed by atoms with Crippen LogP contribution in [0.5, 0.6) is 0 Å². The first-order chi connectivity index (χ1) is 9.67. The lowest BCUT2D eigenvalue weighted by molar-refractivity contribution is 0.261. The van der Waals surface area contributed by atoms with E-state index >= 15 is 0 Å². The molecule has 3 heteroatoms. The Balaban J connectivity index is 2.09. The van der Waals surface area contributed by atoms with Crippen molar-refractivity contribution < 1.29 is 0 Å². The van der Waals surface area contributed by atoms with E-state index in [4.69, 9.17) is 23.2 Å². The number of allylic oxidation sites excluding steroid dienone is 1. The van der Waals surface area contributed by atoms with E-state index in [1.165, 1.54) is 37.7 Å². The van der Waals surface area contributed by atoms with Crippen LogP contribution in [0.3, 0.4) is 0 Å². The summed E-state index contributed by atoms with van der Waals surface area (Å²) in [6.07, 6.45) is 10.1. The molecule has 108 valence electrons. The first-order valence-electron chi connectivity index (χ1n) is 7.52. The average molecular weight is 310 g/mol. The minimum absolute atomic E-state index is 0.0441. The summed E-state index contributed by atoms with van der Waals surface area (Å²) in [5.41, 5.74) is 2.79. The third-order valence-corrected chi connectivity index (χ3v) is 5.74. The first-order valence-corrected chi connectivity index (χ1v) is 8.28. The Morgan fingerprint density at radius 3 is 2.70 bits per heavy atom. The zero-order chi connectivity index (χ0) is 14.2. The first kappa shape index (κ1) is 14.4. The molecule has 0 radical (unpaired) electrons. The Labute approximate surface area is 131 Å². The Morgan fingerprint density at radius 1 is 1.15 bits per heavy atom. The maximum Gasteiger partial charge on any atom is 0.0650 e. The van der Waals surface area contributed by atoms with Gasteiger partial charge in [-0.1, -0.05) is 41.8 Å². The largest absolute Gasteiger partial charge is 0.307 e. The molecule has 1 aromatic carbocycles. The fourth-order valence-electron chi connectivity index (χ4n) is 4.01. The quantitative estimate of drug-likeness (QED) is 0.729. The molecule has 1 nitrogen and oxygen atoms in total. The minimum Gasteiger partial charge on any atom is -0.307 e. The standard InChI is InChI=1S/C17H21Cl2N/c1-20-17(13-8-9-15(18)16(19)11-13)10-4-6-12-5-2-3-7-14(12)17/h7-9,11-12,20H,2-6,10H2,1H3. The highest BCUT2D eigenvalue weighted by molar-refractivity contribution is 6.42. The summed E-state index contributed by atoms with van der Waals surface area (Å²) >= 11 is 12.3. The Kier molecular flexibility index (Phi) is 4.12. The van der Waals surface area contributed by atoms with Crippen LogP contribution >= 0.6 is 23.2 Å². The van der Waals surface area contributed by atoms with Gasteiger partial charge in [-0.05, 0) is 68.3 Å². The minimum atomic E-state index is -0.0441. The van der Waals surface area contributed by atoms with Crippen LogP contribution in [0.2, 0.25) is 10.0 Å². The summed E-state index contributed by atoms with van der Waals surface area (Å²) < 4.78 is 0. The van der Waals surface area contributed by atoms with E-state index in [-0.39, 0.29) is 5.54 Å². The molecule has 1 fully saturated rings. The highest BCUT2D eigenvalue weighted by atomic mass is 35.5. The molecule has 3 rings (SSSR count). The van der Waals surface area contributed by atoms with E-state index in [9.17, 15) is 0 Å². The van der Waals surface area contributed by atoms with E-state index < -0.39 is 0 Å². The van der Waals surface area contributed by atoms with Gasteiger partial charge in [-0.2, -0.15) is 0 Å². The fraction of sp³-hybridized carbons (Fsp3) is 0.529. The number of fused-ring (bicyclic) bond motifs is 1. The number of benzene rings is 1. The van der Waals surface area contributed by atoms with Crippen molar-refractivity contribution in [3.05, 3.63) is 45.5 Å². The predicted octanol–water partition coefficient (Wildman–Crippen LogP) is 5.32. The van der Waals surface area contributed by atoms with Crippen LogP contribution in [-0.2, 0) is 5.54 Å². The van der Waals surface area contributed by atoms with E-state index in [1.54, 1.807) is 5.57 Å². The monoisotopic (exact) mass is 309 g/mol. The van der Waals surface area contributed by atoms with Gasteiger partial charge in [-0.15, -0.1) is 0 Å². The molecule has 0 aromatic heterocycles. The second-order valence-electron chi connectivity index (χ2n) is 5.96. The highest BCUT2D eigenvalue weighted by Gasteiger charge is 2.41. The lowest BCUT2D eigenvalue weighted by Crippen LogP contribution is -2.47. The molecular formula is C17H21Cl2N. The number of hydrogen-bond acceptors (Lipinski definition) is 1. The van der Waals surface area contributed by atoms with E-state index in [0.717, 1.165) is 12.3 Å². The zero-order valence-corrected chi connectivity index (χ0v) is 13.4. The van der Waals surface area contributed by atoms with Crippen molar-refractivity contribution >= 4 is 23.2 Å². The Bertz CT molecular complexity index is 538. The van der Waals surface area contributed by atoms with Crippen LogP contribution in [0.25, 0.3) is 0 Å². The van der Waals surface area contributed by atoms with Gasteiger partial charge in [0.1, 0.15) is 0 Å². The molecule has 2 aliphatic carbocycles. The summed E-state index contributed by atoms with van der Waals surface area (Å²) in [5, 5.41) is 4.89. The Morgan fingerprint density at radius 2 is 1.95 bits per heavy atom. The van der Waals surface area contributed by atoms with Crippen LogP contribution < -0.4 is 5.32 Å². The van der Waals surface area contributed by atoms with Crippen molar-refractivity contribution in [2.45, 2.75) is 44.1 Å². The van der Waals surface area contributed by atoms with Crippen molar-refractivity contribution in [1.29, 1.82) is 0 Å². The summed E-state index contributed by atoms with van der Waals surface area (Å²) in [7, 11) is 2.07. The normalized spacial score (nSPS) is 29.8. The van der Waals surface area contributed by atoms with Gasteiger partial charge >= 0.3 is 0 Å². The average Bonchev–Trinajstić information content (AvgIpc) is 2.49. The van der Waals surface area contributed by atoms with E-state index in [1.807, 2.05) is 12.1 Å². The summed E-state index contributed by atoms with van der Waals surface area (Å²) in [6.45, 7) is 0. The SMILES string of the molecule is CNC1(c2ccc(Cl)c(Cl)c2)CCCC2CCCC=C21. The van der Waals surface area contributed by atoms with Crippen LogP contribution in [0, 0.1) is 5.92 Å². The molecule has 2 atom stereocenters. The molecule has 0 bridgehead atoms. The topological polar surface area (TPSA) is 12.0 Å². The number of rotatable bonds is 2. The van der Waals surface area contributed by atoms with Crippen molar-refractivity contribution in [1.82, 2.24) is 5.32 Å². The van der Waals surface area contributed by atoms with E-state index in [0.29, 0.717) is 10.0 Å². The van der Waals surface area contributed by atoms with Crippen LogP contribution in [0.4, 0.5) is 0 Å². The maximum absolute atomic E-state index is 6.25. The predicted molar refractivity (Wildman–Crippen MR) is 86.5 cm³/mol. The van der Waals surface area contributed by atoms with Gasteiger partial charge in [0.25, 0.3) is 0 Å². The summed E-state index contributed by atoms with van der Waals surface area (Å²) in [6, 6.07) is 6.09. The fourth-order valence-corrected chi connectivity index (χ4v) is 4.31. The molecular weight excluding hydrogens is 289 g/mol. The molecule has 1 saturated carbocycles. The van der Waals surface area contributed by atoms with Crippen LogP contribution in [0.15, 0.2) is 29.8 Å². The van der Waals surface area contributed by atoms with Crippen LogP contribution in [0.1, 0.15) is 44.1 Å². The zero-order valence-electron chi connectivity index (χ0n) is 11.9. The van der Waals surface area contributed by atoms with Crippen molar-refractivity contribution in [2.24, 2.45) is 5.92 Å². The molecule has 0 aliphatic heterocycles. The third-order valence-electron chi connectivity index (χ3n) is 5.00. The van der Waals surface area contributed by atoms with E-state index in [2.05, 4.69) is 24.5 Å². The molecule has 0 amide bonds. The Hall–Kier alpha value is -0.500. The van der Waals surface area contributed by atoms with Gasteiger partial charge in [-0.3, -0.25) is 0 Å².